The van der Waals surface area contributed by atoms with Crippen LogP contribution in [-0.2, 0) is 4.74 Å². The zero-order valence-corrected chi connectivity index (χ0v) is 10.1. The van der Waals surface area contributed by atoms with Crippen LogP contribution in [0, 0.1) is 0 Å². The maximum atomic E-state index is 11.7. The van der Waals surface area contributed by atoms with Crippen molar-refractivity contribution in [3.05, 3.63) is 29.7 Å². The SMILES string of the molecule is CCOC(=O)c1nc2ccc(N)cn2c1C(C)=O. The standard InChI is InChI=1S/C12H13N3O3/c1-3-18-12(17)10-11(7(2)16)15-6-8(13)4-5-9(15)14-10/h4-6H,3,13H2,1-2H3. The third kappa shape index (κ3) is 1.92. The normalized spacial score (nSPS) is 10.6. The molecule has 0 atom stereocenters. The van der Waals surface area contributed by atoms with Crippen molar-refractivity contribution >= 4 is 23.1 Å². The Labute approximate surface area is 103 Å². The average Bonchev–Trinajstić information content (AvgIpc) is 2.67. The lowest BCUT2D eigenvalue weighted by molar-refractivity contribution is 0.0517. The predicted molar refractivity (Wildman–Crippen MR) is 65.6 cm³/mol. The fourth-order valence-corrected chi connectivity index (χ4v) is 1.74. The number of imidazole rings is 1. The van der Waals surface area contributed by atoms with Gasteiger partial charge in [0.2, 0.25) is 0 Å². The number of hydrogen-bond donors (Lipinski definition) is 1. The van der Waals surface area contributed by atoms with Crippen molar-refractivity contribution in [3.8, 4) is 0 Å². The number of carbonyl (C=O) groups excluding carboxylic acids is 2. The van der Waals surface area contributed by atoms with Gasteiger partial charge in [0.25, 0.3) is 0 Å². The van der Waals surface area contributed by atoms with Crippen LogP contribution in [0.1, 0.15) is 34.8 Å². The minimum Gasteiger partial charge on any atom is -0.461 e. The number of carbonyl (C=O) groups is 2. The zero-order valence-electron chi connectivity index (χ0n) is 10.1. The number of rotatable bonds is 3. The fraction of sp³-hybridized carbons (Fsp3) is 0.250. The number of aromatic nitrogens is 2. The van der Waals surface area contributed by atoms with E-state index >= 15 is 0 Å². The van der Waals surface area contributed by atoms with Crippen molar-refractivity contribution < 1.29 is 14.3 Å². The molecule has 0 radical (unpaired) electrons. The van der Waals surface area contributed by atoms with E-state index < -0.39 is 5.97 Å². The van der Waals surface area contributed by atoms with Crippen molar-refractivity contribution in [1.29, 1.82) is 0 Å². The molecule has 0 unspecified atom stereocenters. The molecule has 0 amide bonds. The number of Topliss-reactive ketones (excluding diaryl/α,β-unsaturated/α-hetero) is 1. The molecule has 0 saturated heterocycles. The number of anilines is 1. The summed E-state index contributed by atoms with van der Waals surface area (Å²) < 4.78 is 6.38. The summed E-state index contributed by atoms with van der Waals surface area (Å²) >= 11 is 0. The molecule has 18 heavy (non-hydrogen) atoms. The van der Waals surface area contributed by atoms with E-state index in [1.165, 1.54) is 11.3 Å². The monoisotopic (exact) mass is 247 g/mol. The van der Waals surface area contributed by atoms with E-state index in [2.05, 4.69) is 4.98 Å². The van der Waals surface area contributed by atoms with Crippen LogP contribution < -0.4 is 5.73 Å². The van der Waals surface area contributed by atoms with Crippen LogP contribution in [-0.4, -0.2) is 27.7 Å². The Morgan fingerprint density at radius 2 is 2.17 bits per heavy atom. The van der Waals surface area contributed by atoms with Crippen LogP contribution >= 0.6 is 0 Å². The summed E-state index contributed by atoms with van der Waals surface area (Å²) in [4.78, 5) is 27.5. The van der Waals surface area contributed by atoms with Gasteiger partial charge < -0.3 is 10.5 Å². The van der Waals surface area contributed by atoms with Crippen LogP contribution in [0.3, 0.4) is 0 Å². The average molecular weight is 247 g/mol. The predicted octanol–water partition coefficient (Wildman–Crippen LogP) is 1.30. The number of hydrogen-bond acceptors (Lipinski definition) is 5. The van der Waals surface area contributed by atoms with Crippen molar-refractivity contribution in [1.82, 2.24) is 9.38 Å². The Balaban J connectivity index is 2.69. The molecule has 2 heterocycles. The summed E-state index contributed by atoms with van der Waals surface area (Å²) in [6, 6.07) is 3.30. The lowest BCUT2D eigenvalue weighted by Gasteiger charge is -2.01. The number of nitrogens with zero attached hydrogens (tertiary/aromatic N) is 2. The van der Waals surface area contributed by atoms with Crippen molar-refractivity contribution in [2.45, 2.75) is 13.8 Å². The van der Waals surface area contributed by atoms with Gasteiger partial charge in [0.05, 0.1) is 6.61 Å². The lowest BCUT2D eigenvalue weighted by atomic mass is 10.2. The molecule has 2 rings (SSSR count). The van der Waals surface area contributed by atoms with E-state index in [0.29, 0.717) is 11.3 Å². The van der Waals surface area contributed by atoms with Gasteiger partial charge in [-0.3, -0.25) is 9.20 Å². The first-order chi connectivity index (χ1) is 8.54. The van der Waals surface area contributed by atoms with E-state index in [4.69, 9.17) is 10.5 Å². The topological polar surface area (TPSA) is 86.7 Å². The summed E-state index contributed by atoms with van der Waals surface area (Å²) in [5, 5.41) is 0. The Morgan fingerprint density at radius 1 is 1.44 bits per heavy atom. The van der Waals surface area contributed by atoms with Crippen molar-refractivity contribution in [2.75, 3.05) is 12.3 Å². The maximum absolute atomic E-state index is 11.7. The lowest BCUT2D eigenvalue weighted by Crippen LogP contribution is -2.11. The molecule has 0 spiro atoms. The van der Waals surface area contributed by atoms with E-state index in [1.54, 1.807) is 25.3 Å². The largest absolute Gasteiger partial charge is 0.461 e. The minimum atomic E-state index is -0.607. The quantitative estimate of drug-likeness (QED) is 0.652. The maximum Gasteiger partial charge on any atom is 0.359 e. The van der Waals surface area contributed by atoms with Crippen LogP contribution in [0.5, 0.6) is 0 Å². The second kappa shape index (κ2) is 4.48. The van der Waals surface area contributed by atoms with Gasteiger partial charge in [-0.1, -0.05) is 0 Å². The number of ketones is 1. The fourth-order valence-electron chi connectivity index (χ4n) is 1.74. The number of esters is 1. The number of nitrogen functional groups attached to an aromatic ring is 1. The smallest absolute Gasteiger partial charge is 0.359 e. The van der Waals surface area contributed by atoms with E-state index in [1.807, 2.05) is 0 Å². The summed E-state index contributed by atoms with van der Waals surface area (Å²) in [6.07, 6.45) is 1.56. The van der Waals surface area contributed by atoms with Crippen LogP contribution in [0.4, 0.5) is 5.69 Å². The zero-order chi connectivity index (χ0) is 13.3. The molecule has 0 saturated carbocycles. The first-order valence-electron chi connectivity index (χ1n) is 5.50. The van der Waals surface area contributed by atoms with Gasteiger partial charge in [-0.05, 0) is 19.1 Å². The highest BCUT2D eigenvalue weighted by atomic mass is 16.5. The summed E-state index contributed by atoms with van der Waals surface area (Å²) in [7, 11) is 0. The number of pyridine rings is 1. The molecule has 0 aliphatic carbocycles. The molecule has 6 heteroatoms. The number of ether oxygens (including phenoxy) is 1. The molecular weight excluding hydrogens is 234 g/mol. The van der Waals surface area contributed by atoms with Crippen LogP contribution in [0.2, 0.25) is 0 Å². The van der Waals surface area contributed by atoms with Gasteiger partial charge in [0.1, 0.15) is 11.3 Å². The Kier molecular flexibility index (Phi) is 3.01. The van der Waals surface area contributed by atoms with Gasteiger partial charge in [0.15, 0.2) is 11.5 Å². The number of nitrogens with two attached hydrogens (primary N) is 1. The Hall–Kier alpha value is -2.37. The second-order valence-electron chi connectivity index (χ2n) is 3.78. The van der Waals surface area contributed by atoms with Crippen molar-refractivity contribution in [3.63, 3.8) is 0 Å². The number of fused-ring (bicyclic) bond motifs is 1. The molecule has 94 valence electrons. The molecule has 0 aliphatic heterocycles. The molecule has 2 N–H and O–H groups in total. The van der Waals surface area contributed by atoms with E-state index in [-0.39, 0.29) is 23.8 Å². The Morgan fingerprint density at radius 3 is 2.78 bits per heavy atom. The Bertz CT molecular complexity index is 631. The van der Waals surface area contributed by atoms with Gasteiger partial charge in [-0.25, -0.2) is 9.78 Å². The highest BCUT2D eigenvalue weighted by Crippen LogP contribution is 2.16. The van der Waals surface area contributed by atoms with Gasteiger partial charge >= 0.3 is 5.97 Å². The van der Waals surface area contributed by atoms with Crippen LogP contribution in [0.15, 0.2) is 18.3 Å². The second-order valence-corrected chi connectivity index (χ2v) is 3.78. The molecular formula is C12H13N3O3. The first-order valence-corrected chi connectivity index (χ1v) is 5.50. The summed E-state index contributed by atoms with van der Waals surface area (Å²) in [6.45, 7) is 3.29. The molecule has 2 aromatic heterocycles. The summed E-state index contributed by atoms with van der Waals surface area (Å²) in [5.41, 5.74) is 6.84. The van der Waals surface area contributed by atoms with E-state index in [9.17, 15) is 9.59 Å². The molecule has 0 fully saturated rings. The molecule has 0 bridgehead atoms. The van der Waals surface area contributed by atoms with Crippen LogP contribution in [0.25, 0.3) is 5.65 Å². The first kappa shape index (κ1) is 12.1. The third-order valence-electron chi connectivity index (χ3n) is 2.44. The van der Waals surface area contributed by atoms with Gasteiger partial charge in [-0.2, -0.15) is 0 Å². The van der Waals surface area contributed by atoms with Crippen molar-refractivity contribution in [2.24, 2.45) is 0 Å². The van der Waals surface area contributed by atoms with E-state index in [0.717, 1.165) is 0 Å². The third-order valence-corrected chi connectivity index (χ3v) is 2.44. The molecule has 2 aromatic rings. The highest BCUT2D eigenvalue weighted by Gasteiger charge is 2.22. The molecule has 6 nitrogen and oxygen atoms in total. The molecule has 0 aliphatic rings. The van der Waals surface area contributed by atoms with Gasteiger partial charge in [0, 0.05) is 18.8 Å². The minimum absolute atomic E-state index is 0.0231. The summed E-state index contributed by atoms with van der Waals surface area (Å²) in [5.74, 6) is -0.874. The van der Waals surface area contributed by atoms with Gasteiger partial charge in [-0.15, -0.1) is 0 Å². The molecule has 0 aromatic carbocycles. The highest BCUT2D eigenvalue weighted by molar-refractivity contribution is 6.04.